The van der Waals surface area contributed by atoms with Gasteiger partial charge in [-0.1, -0.05) is 5.16 Å². The molecule has 6 heteroatoms. The van der Waals surface area contributed by atoms with E-state index in [1.54, 1.807) is 18.3 Å². The standard InChI is InChI=1S/C10H9BrFN3O/c11-7-3-10(9(13)4-8(7)12)14-5-6-1-2-15-16-6/h1-4,14H,5,13H2. The molecule has 4 nitrogen and oxygen atoms in total. The van der Waals surface area contributed by atoms with Crippen LogP contribution in [0.4, 0.5) is 15.8 Å². The summed E-state index contributed by atoms with van der Waals surface area (Å²) in [5.41, 5.74) is 6.65. The Kier molecular flexibility index (Phi) is 3.09. The summed E-state index contributed by atoms with van der Waals surface area (Å²) in [6.07, 6.45) is 1.56. The Morgan fingerprint density at radius 2 is 2.31 bits per heavy atom. The van der Waals surface area contributed by atoms with Crippen LogP contribution in [-0.2, 0) is 6.54 Å². The summed E-state index contributed by atoms with van der Waals surface area (Å²) in [5, 5.41) is 6.60. The van der Waals surface area contributed by atoms with Gasteiger partial charge in [-0.3, -0.25) is 0 Å². The van der Waals surface area contributed by atoms with Crippen LogP contribution in [0, 0.1) is 5.82 Å². The Hall–Kier alpha value is -1.56. The summed E-state index contributed by atoms with van der Waals surface area (Å²) in [6.45, 7) is 0.447. The van der Waals surface area contributed by atoms with Crippen molar-refractivity contribution in [2.24, 2.45) is 0 Å². The van der Waals surface area contributed by atoms with E-state index in [1.165, 1.54) is 6.07 Å². The maximum atomic E-state index is 13.1. The van der Waals surface area contributed by atoms with E-state index in [4.69, 9.17) is 10.3 Å². The molecule has 0 bridgehead atoms. The number of nitrogens with two attached hydrogens (primary N) is 1. The van der Waals surface area contributed by atoms with Gasteiger partial charge >= 0.3 is 0 Å². The summed E-state index contributed by atoms with van der Waals surface area (Å²) in [7, 11) is 0. The predicted octanol–water partition coefficient (Wildman–Crippen LogP) is 2.77. The van der Waals surface area contributed by atoms with Gasteiger partial charge in [0, 0.05) is 12.1 Å². The first-order valence-corrected chi connectivity index (χ1v) is 5.34. The molecule has 1 heterocycles. The minimum absolute atomic E-state index is 0.347. The van der Waals surface area contributed by atoms with Crippen LogP contribution in [0.2, 0.25) is 0 Å². The number of hydrogen-bond donors (Lipinski definition) is 2. The Morgan fingerprint density at radius 3 is 3.00 bits per heavy atom. The van der Waals surface area contributed by atoms with Crippen LogP contribution >= 0.6 is 15.9 Å². The Bertz CT molecular complexity index is 487. The molecule has 1 aromatic heterocycles. The number of anilines is 2. The van der Waals surface area contributed by atoms with Crippen LogP contribution in [0.1, 0.15) is 5.76 Å². The van der Waals surface area contributed by atoms with Crippen LogP contribution in [0.5, 0.6) is 0 Å². The van der Waals surface area contributed by atoms with Crippen LogP contribution in [0.3, 0.4) is 0 Å². The highest BCUT2D eigenvalue weighted by Gasteiger charge is 2.06. The van der Waals surface area contributed by atoms with E-state index >= 15 is 0 Å². The topological polar surface area (TPSA) is 64.1 Å². The molecular weight excluding hydrogens is 277 g/mol. The number of halogens is 2. The molecule has 2 aromatic rings. The van der Waals surface area contributed by atoms with Gasteiger partial charge in [0.1, 0.15) is 5.82 Å². The summed E-state index contributed by atoms with van der Waals surface area (Å²) in [4.78, 5) is 0. The van der Waals surface area contributed by atoms with Gasteiger partial charge in [-0.2, -0.15) is 0 Å². The molecule has 0 aliphatic heterocycles. The Balaban J connectivity index is 2.12. The Morgan fingerprint density at radius 1 is 1.50 bits per heavy atom. The Labute approximate surface area is 99.7 Å². The largest absolute Gasteiger partial charge is 0.397 e. The molecule has 0 radical (unpaired) electrons. The smallest absolute Gasteiger partial charge is 0.155 e. The molecular formula is C10H9BrFN3O. The minimum Gasteiger partial charge on any atom is -0.397 e. The van der Waals surface area contributed by atoms with Crippen molar-refractivity contribution < 1.29 is 8.91 Å². The van der Waals surface area contributed by atoms with Gasteiger partial charge in [0.15, 0.2) is 5.76 Å². The van der Waals surface area contributed by atoms with Crippen LogP contribution in [0.15, 0.2) is 33.4 Å². The van der Waals surface area contributed by atoms with Gasteiger partial charge in [-0.25, -0.2) is 4.39 Å². The van der Waals surface area contributed by atoms with Crippen LogP contribution < -0.4 is 11.1 Å². The maximum Gasteiger partial charge on any atom is 0.155 e. The van der Waals surface area contributed by atoms with E-state index in [0.717, 1.165) is 0 Å². The molecule has 0 spiro atoms. The molecule has 0 unspecified atom stereocenters. The van der Waals surface area contributed by atoms with Crippen LogP contribution in [0.25, 0.3) is 0 Å². The number of rotatable bonds is 3. The summed E-state index contributed by atoms with van der Waals surface area (Å²) < 4.78 is 18.4. The fourth-order valence-electron chi connectivity index (χ4n) is 1.23. The SMILES string of the molecule is Nc1cc(F)c(Br)cc1NCc1ccno1. The van der Waals surface area contributed by atoms with Gasteiger partial charge < -0.3 is 15.6 Å². The fraction of sp³-hybridized carbons (Fsp3) is 0.100. The first-order valence-electron chi connectivity index (χ1n) is 4.55. The number of benzene rings is 1. The van der Waals surface area contributed by atoms with Gasteiger partial charge in [-0.05, 0) is 22.0 Å². The summed E-state index contributed by atoms with van der Waals surface area (Å²) in [5.74, 6) is 0.294. The van der Waals surface area contributed by atoms with Gasteiger partial charge in [0.05, 0.1) is 28.6 Å². The molecule has 0 aliphatic carbocycles. The van der Waals surface area contributed by atoms with Crippen LogP contribution in [-0.4, -0.2) is 5.16 Å². The van der Waals surface area contributed by atoms with Crippen molar-refractivity contribution in [1.82, 2.24) is 5.16 Å². The van der Waals surface area contributed by atoms with E-state index < -0.39 is 0 Å². The molecule has 0 aliphatic rings. The number of aromatic nitrogens is 1. The second-order valence-corrected chi connectivity index (χ2v) is 4.04. The van der Waals surface area contributed by atoms with E-state index in [1.807, 2.05) is 0 Å². The third-order valence-corrected chi connectivity index (χ3v) is 2.64. The third-order valence-electron chi connectivity index (χ3n) is 2.04. The van der Waals surface area contributed by atoms with E-state index in [2.05, 4.69) is 26.4 Å². The monoisotopic (exact) mass is 285 g/mol. The molecule has 0 saturated carbocycles. The number of hydrogen-bond acceptors (Lipinski definition) is 4. The quantitative estimate of drug-likeness (QED) is 0.851. The zero-order chi connectivity index (χ0) is 11.5. The van der Waals surface area contributed by atoms with Gasteiger partial charge in [0.25, 0.3) is 0 Å². The first-order chi connectivity index (χ1) is 7.66. The lowest BCUT2D eigenvalue weighted by Crippen LogP contribution is -2.02. The first kappa shape index (κ1) is 10.9. The highest BCUT2D eigenvalue weighted by Crippen LogP contribution is 2.26. The van der Waals surface area contributed by atoms with Crippen molar-refractivity contribution in [3.8, 4) is 0 Å². The second-order valence-electron chi connectivity index (χ2n) is 3.19. The van der Waals surface area contributed by atoms with Crippen molar-refractivity contribution in [1.29, 1.82) is 0 Å². The highest BCUT2D eigenvalue weighted by molar-refractivity contribution is 9.10. The molecule has 0 atom stereocenters. The molecule has 16 heavy (non-hydrogen) atoms. The van der Waals surface area contributed by atoms with E-state index in [9.17, 15) is 4.39 Å². The molecule has 3 N–H and O–H groups in total. The van der Waals surface area contributed by atoms with E-state index in [-0.39, 0.29) is 5.82 Å². The normalized spacial score (nSPS) is 10.4. The van der Waals surface area contributed by atoms with E-state index in [0.29, 0.717) is 28.2 Å². The van der Waals surface area contributed by atoms with Gasteiger partial charge in [-0.15, -0.1) is 0 Å². The summed E-state index contributed by atoms with van der Waals surface area (Å²) in [6, 6.07) is 4.58. The van der Waals surface area contributed by atoms with Crippen molar-refractivity contribution >= 4 is 27.3 Å². The molecule has 84 valence electrons. The number of nitrogens with one attached hydrogen (secondary N) is 1. The lowest BCUT2D eigenvalue weighted by Gasteiger charge is -2.08. The molecule has 1 aromatic carbocycles. The van der Waals surface area contributed by atoms with Crippen molar-refractivity contribution in [2.45, 2.75) is 6.54 Å². The second kappa shape index (κ2) is 4.52. The van der Waals surface area contributed by atoms with Crippen molar-refractivity contribution in [2.75, 3.05) is 11.1 Å². The average molecular weight is 286 g/mol. The molecule has 0 amide bonds. The lowest BCUT2D eigenvalue weighted by atomic mass is 10.2. The lowest BCUT2D eigenvalue weighted by molar-refractivity contribution is 0.388. The predicted molar refractivity (Wildman–Crippen MR) is 62.3 cm³/mol. The van der Waals surface area contributed by atoms with Crippen molar-refractivity contribution in [3.05, 3.63) is 40.4 Å². The molecule has 0 fully saturated rings. The van der Waals surface area contributed by atoms with Crippen molar-refractivity contribution in [3.63, 3.8) is 0 Å². The average Bonchev–Trinajstić information content (AvgIpc) is 2.74. The zero-order valence-corrected chi connectivity index (χ0v) is 9.79. The number of nitrogens with zero attached hydrogens (tertiary/aromatic N) is 1. The minimum atomic E-state index is -0.386. The molecule has 2 rings (SSSR count). The highest BCUT2D eigenvalue weighted by atomic mass is 79.9. The fourth-order valence-corrected chi connectivity index (χ4v) is 1.57. The zero-order valence-electron chi connectivity index (χ0n) is 8.21. The maximum absolute atomic E-state index is 13.1. The number of nitrogen functional groups attached to an aromatic ring is 1. The third kappa shape index (κ3) is 2.33. The molecule has 0 saturated heterocycles. The van der Waals surface area contributed by atoms with Gasteiger partial charge in [0.2, 0.25) is 0 Å². The summed E-state index contributed by atoms with van der Waals surface area (Å²) >= 11 is 3.09.